The Morgan fingerprint density at radius 2 is 1.61 bits per heavy atom. The van der Waals surface area contributed by atoms with Crippen molar-refractivity contribution >= 4 is 15.8 Å². The van der Waals surface area contributed by atoms with E-state index in [0.29, 0.717) is 23.6 Å². The molecule has 0 heterocycles. The normalized spacial score (nSPS) is 12.1. The summed E-state index contributed by atoms with van der Waals surface area (Å²) < 4.78 is 63.8. The Morgan fingerprint density at radius 1 is 0.964 bits per heavy atom. The molecule has 0 aliphatic carbocycles. The Hall–Kier alpha value is -2.55. The van der Waals surface area contributed by atoms with E-state index < -0.39 is 27.3 Å². The monoisotopic (exact) mass is 413 g/mol. The van der Waals surface area contributed by atoms with Gasteiger partial charge in [0.25, 0.3) is 0 Å². The van der Waals surface area contributed by atoms with Crippen LogP contribution in [0.15, 0.2) is 41.4 Å². The largest absolute Gasteiger partial charge is 0.357 e. The van der Waals surface area contributed by atoms with Gasteiger partial charge in [0, 0.05) is 24.9 Å². The highest BCUT2D eigenvalue weighted by atomic mass is 32.2. The van der Waals surface area contributed by atoms with Crippen LogP contribution >= 0.6 is 0 Å². The molecule has 0 atom stereocenters. The zero-order valence-corrected chi connectivity index (χ0v) is 16.4. The van der Waals surface area contributed by atoms with Gasteiger partial charge >= 0.3 is 0 Å². The molecule has 0 aliphatic rings. The SMILES string of the molecule is CCNC(=NCc1cc(F)ccc1F)NCc1cc(F)ccc1CS(C)(=O)=O. The van der Waals surface area contributed by atoms with E-state index >= 15 is 0 Å². The predicted molar refractivity (Wildman–Crippen MR) is 103 cm³/mol. The van der Waals surface area contributed by atoms with Crippen LogP contribution in [-0.4, -0.2) is 27.2 Å². The molecule has 2 aromatic rings. The number of hydrogen-bond acceptors (Lipinski definition) is 3. The highest BCUT2D eigenvalue weighted by molar-refractivity contribution is 7.89. The van der Waals surface area contributed by atoms with Crippen molar-refractivity contribution < 1.29 is 21.6 Å². The maximum Gasteiger partial charge on any atom is 0.191 e. The van der Waals surface area contributed by atoms with E-state index in [1.165, 1.54) is 18.2 Å². The molecule has 2 rings (SSSR count). The molecule has 0 saturated carbocycles. The molecule has 2 aromatic carbocycles. The molecule has 0 unspecified atom stereocenters. The van der Waals surface area contributed by atoms with E-state index in [4.69, 9.17) is 0 Å². The third-order valence-corrected chi connectivity index (χ3v) is 4.63. The van der Waals surface area contributed by atoms with Gasteiger partial charge in [0.15, 0.2) is 15.8 Å². The van der Waals surface area contributed by atoms with Crippen LogP contribution in [0.5, 0.6) is 0 Å². The molecule has 0 saturated heterocycles. The molecule has 2 N–H and O–H groups in total. The van der Waals surface area contributed by atoms with Gasteiger partial charge in [-0.25, -0.2) is 26.6 Å². The first kappa shape index (κ1) is 21.7. The number of nitrogens with zero attached hydrogens (tertiary/aromatic N) is 1. The van der Waals surface area contributed by atoms with E-state index in [1.807, 2.05) is 6.92 Å². The van der Waals surface area contributed by atoms with Crippen LogP contribution in [0.3, 0.4) is 0 Å². The van der Waals surface area contributed by atoms with Crippen LogP contribution in [-0.2, 0) is 28.7 Å². The van der Waals surface area contributed by atoms with E-state index in [1.54, 1.807) is 0 Å². The zero-order chi connectivity index (χ0) is 20.7. The summed E-state index contributed by atoms with van der Waals surface area (Å²) in [5.74, 6) is -1.53. The average Bonchev–Trinajstić information content (AvgIpc) is 2.61. The van der Waals surface area contributed by atoms with E-state index in [9.17, 15) is 21.6 Å². The molecule has 9 heteroatoms. The maximum absolute atomic E-state index is 13.7. The third kappa shape index (κ3) is 6.88. The lowest BCUT2D eigenvalue weighted by atomic mass is 10.1. The summed E-state index contributed by atoms with van der Waals surface area (Å²) in [6.45, 7) is 2.35. The number of guanidine groups is 1. The Bertz CT molecular complexity index is 963. The summed E-state index contributed by atoms with van der Waals surface area (Å²) in [7, 11) is -3.29. The van der Waals surface area contributed by atoms with Crippen LogP contribution in [0.2, 0.25) is 0 Å². The van der Waals surface area contributed by atoms with E-state index in [0.717, 1.165) is 24.5 Å². The highest BCUT2D eigenvalue weighted by Crippen LogP contribution is 2.15. The van der Waals surface area contributed by atoms with E-state index in [-0.39, 0.29) is 24.4 Å². The van der Waals surface area contributed by atoms with Gasteiger partial charge in [-0.05, 0) is 48.4 Å². The van der Waals surface area contributed by atoms with Crippen LogP contribution in [0.4, 0.5) is 13.2 Å². The second-order valence-corrected chi connectivity index (χ2v) is 8.41. The van der Waals surface area contributed by atoms with Crippen LogP contribution in [0.1, 0.15) is 23.6 Å². The molecular formula is C19H22F3N3O2S. The quantitative estimate of drug-likeness (QED) is 0.541. The summed E-state index contributed by atoms with van der Waals surface area (Å²) in [5.41, 5.74) is 1.04. The number of benzene rings is 2. The molecule has 28 heavy (non-hydrogen) atoms. The van der Waals surface area contributed by atoms with Crippen molar-refractivity contribution in [3.8, 4) is 0 Å². The Kier molecular flexibility index (Phi) is 7.45. The van der Waals surface area contributed by atoms with Crippen LogP contribution in [0.25, 0.3) is 0 Å². The highest BCUT2D eigenvalue weighted by Gasteiger charge is 2.11. The molecule has 5 nitrogen and oxygen atoms in total. The van der Waals surface area contributed by atoms with Crippen molar-refractivity contribution in [2.45, 2.75) is 25.8 Å². The fourth-order valence-corrected chi connectivity index (χ4v) is 3.38. The zero-order valence-electron chi connectivity index (χ0n) is 15.6. The molecule has 152 valence electrons. The lowest BCUT2D eigenvalue weighted by Crippen LogP contribution is -2.37. The lowest BCUT2D eigenvalue weighted by Gasteiger charge is -2.14. The van der Waals surface area contributed by atoms with Gasteiger partial charge in [-0.2, -0.15) is 0 Å². The van der Waals surface area contributed by atoms with Gasteiger partial charge in [0.2, 0.25) is 0 Å². The number of hydrogen-bond donors (Lipinski definition) is 2. The summed E-state index contributed by atoms with van der Waals surface area (Å²) in [6.07, 6.45) is 1.10. The minimum Gasteiger partial charge on any atom is -0.357 e. The first-order chi connectivity index (χ1) is 13.2. The maximum atomic E-state index is 13.7. The molecule has 0 radical (unpaired) electrons. The van der Waals surface area contributed by atoms with Gasteiger partial charge in [0.05, 0.1) is 12.3 Å². The van der Waals surface area contributed by atoms with Gasteiger partial charge in [-0.15, -0.1) is 0 Å². The number of sulfone groups is 1. The minimum absolute atomic E-state index is 0.0979. The second kappa shape index (κ2) is 9.59. The molecular weight excluding hydrogens is 391 g/mol. The Balaban J connectivity index is 2.17. The summed E-state index contributed by atoms with van der Waals surface area (Å²) in [4.78, 5) is 4.20. The second-order valence-electron chi connectivity index (χ2n) is 6.27. The van der Waals surface area contributed by atoms with Gasteiger partial charge < -0.3 is 10.6 Å². The number of halogens is 3. The first-order valence-electron chi connectivity index (χ1n) is 8.59. The molecule has 0 bridgehead atoms. The number of aliphatic imine (C=N–C) groups is 1. The fourth-order valence-electron chi connectivity index (χ4n) is 2.53. The summed E-state index contributed by atoms with van der Waals surface area (Å²) in [6, 6.07) is 7.02. The standard InChI is InChI=1S/C19H22F3N3O2S/c1-3-23-19(25-11-15-9-17(21)6-7-18(15)22)24-10-14-8-16(20)5-4-13(14)12-28(2,26)27/h4-9H,3,10-12H2,1-2H3,(H2,23,24,25). The van der Waals surface area contributed by atoms with Crippen LogP contribution in [0, 0.1) is 17.5 Å². The smallest absolute Gasteiger partial charge is 0.191 e. The summed E-state index contributed by atoms with van der Waals surface area (Å²) >= 11 is 0. The predicted octanol–water partition coefficient (Wildman–Crippen LogP) is 2.90. The van der Waals surface area contributed by atoms with Crippen molar-refractivity contribution in [3.05, 3.63) is 70.5 Å². The molecule has 0 aliphatic heterocycles. The van der Waals surface area contributed by atoms with Gasteiger partial charge in [0.1, 0.15) is 17.5 Å². The van der Waals surface area contributed by atoms with Gasteiger partial charge in [-0.1, -0.05) is 6.07 Å². The molecule has 0 aromatic heterocycles. The van der Waals surface area contributed by atoms with E-state index in [2.05, 4.69) is 15.6 Å². The fraction of sp³-hybridized carbons (Fsp3) is 0.316. The lowest BCUT2D eigenvalue weighted by molar-refractivity contribution is 0.585. The molecule has 0 amide bonds. The van der Waals surface area contributed by atoms with Crippen molar-refractivity contribution in [3.63, 3.8) is 0 Å². The summed E-state index contributed by atoms with van der Waals surface area (Å²) in [5, 5.41) is 5.91. The van der Waals surface area contributed by atoms with Crippen molar-refractivity contribution in [1.82, 2.24) is 10.6 Å². The Morgan fingerprint density at radius 3 is 2.25 bits per heavy atom. The van der Waals surface area contributed by atoms with Crippen molar-refractivity contribution in [2.24, 2.45) is 4.99 Å². The van der Waals surface area contributed by atoms with Gasteiger partial charge in [-0.3, -0.25) is 0 Å². The topological polar surface area (TPSA) is 70.6 Å². The van der Waals surface area contributed by atoms with Crippen molar-refractivity contribution in [1.29, 1.82) is 0 Å². The molecule has 0 spiro atoms. The Labute approximate surface area is 162 Å². The molecule has 0 fully saturated rings. The van der Waals surface area contributed by atoms with Crippen molar-refractivity contribution in [2.75, 3.05) is 12.8 Å². The first-order valence-corrected chi connectivity index (χ1v) is 10.6. The third-order valence-electron chi connectivity index (χ3n) is 3.79. The van der Waals surface area contributed by atoms with Crippen LogP contribution < -0.4 is 10.6 Å². The number of rotatable bonds is 7. The average molecular weight is 413 g/mol. The minimum atomic E-state index is -3.29. The number of nitrogens with one attached hydrogen (secondary N) is 2.